The molecule has 0 bridgehead atoms. The molecule has 0 radical (unpaired) electrons. The smallest absolute Gasteiger partial charge is 0.264 e. The maximum atomic E-state index is 13.3. The zero-order valence-corrected chi connectivity index (χ0v) is 16.7. The van der Waals surface area contributed by atoms with Crippen molar-refractivity contribution < 1.29 is 9.18 Å². The SMILES string of the molecule is O=C1NC(=Nc2nnc(-c3cccc(F)c3)s2)SC1=Cc1ccccc1Br. The lowest BCUT2D eigenvalue weighted by Crippen LogP contribution is -2.19. The summed E-state index contributed by atoms with van der Waals surface area (Å²) in [6.45, 7) is 0. The summed E-state index contributed by atoms with van der Waals surface area (Å²) in [6, 6.07) is 13.8. The number of aliphatic imine (C=N–C) groups is 1. The van der Waals surface area contributed by atoms with Gasteiger partial charge in [-0.15, -0.1) is 10.2 Å². The van der Waals surface area contributed by atoms with Crippen LogP contribution in [0.4, 0.5) is 9.52 Å². The number of halogens is 2. The van der Waals surface area contributed by atoms with Crippen LogP contribution in [0.25, 0.3) is 16.6 Å². The molecule has 0 spiro atoms. The molecule has 1 aliphatic heterocycles. The quantitative estimate of drug-likeness (QED) is 0.558. The largest absolute Gasteiger partial charge is 0.300 e. The molecule has 1 amide bonds. The van der Waals surface area contributed by atoms with E-state index in [0.717, 1.165) is 10.0 Å². The number of carbonyl (C=O) groups excluding carboxylic acids is 1. The van der Waals surface area contributed by atoms with Crippen molar-refractivity contribution >= 4 is 61.3 Å². The summed E-state index contributed by atoms with van der Waals surface area (Å²) in [4.78, 5) is 17.1. The molecule has 27 heavy (non-hydrogen) atoms. The van der Waals surface area contributed by atoms with Gasteiger partial charge in [0, 0.05) is 10.0 Å². The molecule has 134 valence electrons. The van der Waals surface area contributed by atoms with Crippen LogP contribution in [-0.4, -0.2) is 21.3 Å². The number of hydrogen-bond acceptors (Lipinski definition) is 6. The molecular weight excluding hydrogens is 451 g/mol. The zero-order chi connectivity index (χ0) is 18.8. The van der Waals surface area contributed by atoms with Crippen LogP contribution in [0.5, 0.6) is 0 Å². The van der Waals surface area contributed by atoms with Crippen LogP contribution in [0, 0.1) is 5.82 Å². The van der Waals surface area contributed by atoms with Crippen molar-refractivity contribution in [2.75, 3.05) is 0 Å². The van der Waals surface area contributed by atoms with Crippen LogP contribution in [0.15, 0.2) is 62.9 Å². The first kappa shape index (κ1) is 18.0. The molecule has 0 saturated carbocycles. The first-order chi connectivity index (χ1) is 13.1. The molecule has 1 N–H and O–H groups in total. The van der Waals surface area contributed by atoms with Gasteiger partial charge in [0.05, 0.1) is 4.91 Å². The van der Waals surface area contributed by atoms with Gasteiger partial charge in [-0.2, -0.15) is 4.99 Å². The number of rotatable bonds is 3. The van der Waals surface area contributed by atoms with Crippen LogP contribution in [0.3, 0.4) is 0 Å². The first-order valence-electron chi connectivity index (χ1n) is 7.72. The predicted molar refractivity (Wildman–Crippen MR) is 110 cm³/mol. The van der Waals surface area contributed by atoms with E-state index in [2.05, 4.69) is 36.4 Å². The number of hydrogen-bond donors (Lipinski definition) is 1. The van der Waals surface area contributed by atoms with Crippen LogP contribution in [0.1, 0.15) is 5.56 Å². The van der Waals surface area contributed by atoms with Gasteiger partial charge >= 0.3 is 0 Å². The summed E-state index contributed by atoms with van der Waals surface area (Å²) in [5.41, 5.74) is 1.54. The summed E-state index contributed by atoms with van der Waals surface area (Å²) in [7, 11) is 0. The van der Waals surface area contributed by atoms with E-state index in [1.807, 2.05) is 24.3 Å². The molecule has 0 atom stereocenters. The van der Waals surface area contributed by atoms with E-state index in [0.29, 0.717) is 25.8 Å². The number of amides is 1. The molecule has 2 aromatic carbocycles. The van der Waals surface area contributed by atoms with E-state index in [4.69, 9.17) is 0 Å². The summed E-state index contributed by atoms with van der Waals surface area (Å²) in [5, 5.41) is 12.1. The molecule has 0 aliphatic carbocycles. The summed E-state index contributed by atoms with van der Waals surface area (Å²) < 4.78 is 14.3. The molecule has 2 heterocycles. The summed E-state index contributed by atoms with van der Waals surface area (Å²) >= 11 is 5.92. The Morgan fingerprint density at radius 2 is 2.00 bits per heavy atom. The Balaban J connectivity index is 1.56. The molecule has 1 aromatic heterocycles. The minimum absolute atomic E-state index is 0.218. The van der Waals surface area contributed by atoms with Crippen molar-refractivity contribution in [1.29, 1.82) is 0 Å². The van der Waals surface area contributed by atoms with E-state index in [1.165, 1.54) is 35.2 Å². The minimum Gasteiger partial charge on any atom is -0.300 e. The Bertz CT molecular complexity index is 1100. The maximum Gasteiger partial charge on any atom is 0.264 e. The number of nitrogens with one attached hydrogen (secondary N) is 1. The van der Waals surface area contributed by atoms with Crippen LogP contribution >= 0.6 is 39.0 Å². The highest BCUT2D eigenvalue weighted by Crippen LogP contribution is 2.32. The Labute approximate surface area is 170 Å². The fraction of sp³-hybridized carbons (Fsp3) is 0. The molecule has 5 nitrogen and oxygen atoms in total. The van der Waals surface area contributed by atoms with Gasteiger partial charge in [-0.3, -0.25) is 4.79 Å². The molecule has 0 unspecified atom stereocenters. The Hall–Kier alpha value is -2.36. The third-order valence-electron chi connectivity index (χ3n) is 3.53. The fourth-order valence-corrected chi connectivity index (χ4v) is 4.29. The Morgan fingerprint density at radius 1 is 1.15 bits per heavy atom. The number of amidine groups is 1. The lowest BCUT2D eigenvalue weighted by atomic mass is 10.2. The van der Waals surface area contributed by atoms with Crippen molar-refractivity contribution in [3.05, 3.63) is 69.3 Å². The summed E-state index contributed by atoms with van der Waals surface area (Å²) in [6.07, 6.45) is 1.80. The second-order valence-corrected chi connectivity index (χ2v) is 8.24. The highest BCUT2D eigenvalue weighted by atomic mass is 79.9. The molecule has 1 fully saturated rings. The highest BCUT2D eigenvalue weighted by Gasteiger charge is 2.24. The van der Waals surface area contributed by atoms with Crippen LogP contribution in [-0.2, 0) is 4.79 Å². The van der Waals surface area contributed by atoms with Gasteiger partial charge in [-0.1, -0.05) is 57.6 Å². The van der Waals surface area contributed by atoms with Gasteiger partial charge in [-0.05, 0) is 41.6 Å². The third kappa shape index (κ3) is 4.15. The number of benzene rings is 2. The number of thioether (sulfide) groups is 1. The zero-order valence-electron chi connectivity index (χ0n) is 13.5. The lowest BCUT2D eigenvalue weighted by molar-refractivity contribution is -0.115. The fourth-order valence-electron chi connectivity index (χ4n) is 2.30. The van der Waals surface area contributed by atoms with Gasteiger partial charge in [-0.25, -0.2) is 4.39 Å². The van der Waals surface area contributed by atoms with E-state index >= 15 is 0 Å². The number of carbonyl (C=O) groups is 1. The van der Waals surface area contributed by atoms with Crippen molar-refractivity contribution in [3.63, 3.8) is 0 Å². The maximum absolute atomic E-state index is 13.3. The van der Waals surface area contributed by atoms with Gasteiger partial charge in [0.1, 0.15) is 10.8 Å². The standard InChI is InChI=1S/C18H10BrFN4OS2/c19-13-7-2-1-4-10(13)9-14-15(25)21-17(26-14)22-18-24-23-16(27-18)11-5-3-6-12(20)8-11/h1-9H,(H,21,22,24,25). The average Bonchev–Trinajstić information content (AvgIpc) is 3.24. The van der Waals surface area contributed by atoms with Crippen molar-refractivity contribution in [2.45, 2.75) is 0 Å². The first-order valence-corrected chi connectivity index (χ1v) is 10.1. The monoisotopic (exact) mass is 460 g/mol. The molecule has 4 rings (SSSR count). The number of aromatic nitrogens is 2. The lowest BCUT2D eigenvalue weighted by Gasteiger charge is -1.97. The predicted octanol–water partition coefficient (Wildman–Crippen LogP) is 5.00. The van der Waals surface area contributed by atoms with E-state index in [1.54, 1.807) is 18.2 Å². The summed E-state index contributed by atoms with van der Waals surface area (Å²) in [5.74, 6) is -0.555. The van der Waals surface area contributed by atoms with Crippen molar-refractivity contribution in [1.82, 2.24) is 15.5 Å². The normalized spacial score (nSPS) is 16.9. The Kier molecular flexibility index (Phi) is 5.15. The van der Waals surface area contributed by atoms with Gasteiger partial charge in [0.15, 0.2) is 5.17 Å². The number of nitrogens with zero attached hydrogens (tertiary/aromatic N) is 3. The average molecular weight is 461 g/mol. The molecule has 1 aliphatic rings. The minimum atomic E-state index is -0.337. The van der Waals surface area contributed by atoms with E-state index in [-0.39, 0.29) is 11.7 Å². The highest BCUT2D eigenvalue weighted by molar-refractivity contribution is 9.10. The second-order valence-electron chi connectivity index (χ2n) is 5.40. The van der Waals surface area contributed by atoms with Gasteiger partial charge < -0.3 is 5.32 Å². The van der Waals surface area contributed by atoms with E-state index in [9.17, 15) is 9.18 Å². The molecule has 9 heteroatoms. The van der Waals surface area contributed by atoms with Crippen LogP contribution < -0.4 is 5.32 Å². The van der Waals surface area contributed by atoms with E-state index < -0.39 is 0 Å². The van der Waals surface area contributed by atoms with Crippen LogP contribution in [0.2, 0.25) is 0 Å². The van der Waals surface area contributed by atoms with Gasteiger partial charge in [0.2, 0.25) is 5.13 Å². The van der Waals surface area contributed by atoms with Crippen molar-refractivity contribution in [2.24, 2.45) is 4.99 Å². The third-order valence-corrected chi connectivity index (χ3v) is 6.02. The van der Waals surface area contributed by atoms with Gasteiger partial charge in [0.25, 0.3) is 5.91 Å². The molecule has 3 aromatic rings. The molecular formula is C18H10BrFN4OS2. The second kappa shape index (κ2) is 7.71. The molecule has 1 saturated heterocycles. The Morgan fingerprint density at radius 3 is 2.81 bits per heavy atom. The topological polar surface area (TPSA) is 67.2 Å². The van der Waals surface area contributed by atoms with Crippen molar-refractivity contribution in [3.8, 4) is 10.6 Å².